The lowest BCUT2D eigenvalue weighted by Gasteiger charge is -2.11. The average Bonchev–Trinajstić information content (AvgIpc) is 3.08. The third-order valence-corrected chi connectivity index (χ3v) is 2.78. The van der Waals surface area contributed by atoms with E-state index in [2.05, 4.69) is 16.0 Å². The summed E-state index contributed by atoms with van der Waals surface area (Å²) in [7, 11) is 0. The van der Waals surface area contributed by atoms with E-state index in [1.807, 2.05) is 13.8 Å². The van der Waals surface area contributed by atoms with Gasteiger partial charge in [0.05, 0.1) is 6.54 Å². The molecule has 5 nitrogen and oxygen atoms in total. The molecule has 1 unspecified atom stereocenters. The molecule has 0 aromatic carbocycles. The number of rotatable bonds is 8. The van der Waals surface area contributed by atoms with Gasteiger partial charge in [0.2, 0.25) is 11.8 Å². The van der Waals surface area contributed by atoms with E-state index in [0.29, 0.717) is 25.6 Å². The minimum Gasteiger partial charge on any atom is -0.354 e. The minimum absolute atomic E-state index is 0.0230. The van der Waals surface area contributed by atoms with Gasteiger partial charge in [-0.1, -0.05) is 6.92 Å². The Morgan fingerprint density at radius 1 is 1.29 bits per heavy atom. The van der Waals surface area contributed by atoms with Gasteiger partial charge in [0.1, 0.15) is 0 Å². The van der Waals surface area contributed by atoms with Gasteiger partial charge in [0.15, 0.2) is 0 Å². The van der Waals surface area contributed by atoms with Gasteiger partial charge in [-0.3, -0.25) is 9.59 Å². The molecule has 0 saturated heterocycles. The predicted molar refractivity (Wildman–Crippen MR) is 66.5 cm³/mol. The summed E-state index contributed by atoms with van der Waals surface area (Å²) < 4.78 is 0. The first kappa shape index (κ1) is 14.0. The fourth-order valence-corrected chi connectivity index (χ4v) is 1.36. The van der Waals surface area contributed by atoms with Crippen LogP contribution in [-0.4, -0.2) is 37.0 Å². The van der Waals surface area contributed by atoms with Crippen LogP contribution >= 0.6 is 0 Å². The number of carbonyl (C=O) groups is 2. The summed E-state index contributed by atoms with van der Waals surface area (Å²) >= 11 is 0. The maximum Gasteiger partial charge on any atom is 0.234 e. The Morgan fingerprint density at radius 3 is 2.59 bits per heavy atom. The molecule has 2 amide bonds. The Kier molecular flexibility index (Phi) is 5.97. The fourth-order valence-electron chi connectivity index (χ4n) is 1.36. The van der Waals surface area contributed by atoms with E-state index in [0.717, 1.165) is 19.3 Å². The lowest BCUT2D eigenvalue weighted by molar-refractivity contribution is -0.122. The van der Waals surface area contributed by atoms with Crippen molar-refractivity contribution in [3.05, 3.63) is 0 Å². The van der Waals surface area contributed by atoms with Crippen molar-refractivity contribution in [3.8, 4) is 0 Å². The summed E-state index contributed by atoms with van der Waals surface area (Å²) in [5, 5.41) is 8.73. The number of hydrogen-bond donors (Lipinski definition) is 3. The summed E-state index contributed by atoms with van der Waals surface area (Å²) in [5.74, 6) is 0.0595. The third kappa shape index (κ3) is 6.94. The molecule has 0 spiro atoms. The molecule has 17 heavy (non-hydrogen) atoms. The van der Waals surface area contributed by atoms with Crippen molar-refractivity contribution in [2.24, 2.45) is 0 Å². The summed E-state index contributed by atoms with van der Waals surface area (Å²) in [6.07, 6.45) is 3.55. The van der Waals surface area contributed by atoms with Crippen molar-refractivity contribution in [1.29, 1.82) is 0 Å². The highest BCUT2D eigenvalue weighted by molar-refractivity contribution is 5.79. The van der Waals surface area contributed by atoms with Gasteiger partial charge >= 0.3 is 0 Å². The smallest absolute Gasteiger partial charge is 0.234 e. The van der Waals surface area contributed by atoms with Gasteiger partial charge in [-0.15, -0.1) is 0 Å². The van der Waals surface area contributed by atoms with E-state index < -0.39 is 0 Å². The monoisotopic (exact) mass is 241 g/mol. The van der Waals surface area contributed by atoms with Crippen LogP contribution in [0.1, 0.15) is 39.5 Å². The van der Waals surface area contributed by atoms with E-state index in [1.54, 1.807) is 0 Å². The number of amides is 2. The molecule has 1 fully saturated rings. The van der Waals surface area contributed by atoms with Crippen LogP contribution in [-0.2, 0) is 9.59 Å². The standard InChI is InChI=1S/C12H23N3O2/c1-3-9(2)14-11(16)6-7-13-8-12(17)15-10-4-5-10/h9-10,13H,3-8H2,1-2H3,(H,14,16)(H,15,17). The second-order valence-electron chi connectivity index (χ2n) is 4.65. The molecule has 0 heterocycles. The van der Waals surface area contributed by atoms with Crippen LogP contribution in [0.25, 0.3) is 0 Å². The van der Waals surface area contributed by atoms with E-state index in [9.17, 15) is 9.59 Å². The molecule has 0 bridgehead atoms. The van der Waals surface area contributed by atoms with Crippen molar-refractivity contribution in [1.82, 2.24) is 16.0 Å². The molecular weight excluding hydrogens is 218 g/mol. The second-order valence-corrected chi connectivity index (χ2v) is 4.65. The molecule has 0 aliphatic heterocycles. The van der Waals surface area contributed by atoms with Crippen molar-refractivity contribution in [2.45, 2.75) is 51.6 Å². The summed E-state index contributed by atoms with van der Waals surface area (Å²) in [5.41, 5.74) is 0. The molecule has 1 aliphatic rings. The maximum atomic E-state index is 11.4. The zero-order chi connectivity index (χ0) is 12.7. The molecule has 0 radical (unpaired) electrons. The van der Waals surface area contributed by atoms with E-state index in [4.69, 9.17) is 0 Å². The van der Waals surface area contributed by atoms with Gasteiger partial charge in [-0.05, 0) is 26.2 Å². The first-order valence-electron chi connectivity index (χ1n) is 6.41. The van der Waals surface area contributed by atoms with Crippen LogP contribution in [0.5, 0.6) is 0 Å². The SMILES string of the molecule is CCC(C)NC(=O)CCNCC(=O)NC1CC1. The van der Waals surface area contributed by atoms with Crippen molar-refractivity contribution >= 4 is 11.8 Å². The van der Waals surface area contributed by atoms with Gasteiger partial charge in [0.25, 0.3) is 0 Å². The summed E-state index contributed by atoms with van der Waals surface area (Å²) in [6.45, 7) is 4.85. The molecular formula is C12H23N3O2. The number of nitrogens with one attached hydrogen (secondary N) is 3. The summed E-state index contributed by atoms with van der Waals surface area (Å²) in [6, 6.07) is 0.624. The van der Waals surface area contributed by atoms with E-state index in [-0.39, 0.29) is 17.9 Å². The summed E-state index contributed by atoms with van der Waals surface area (Å²) in [4.78, 5) is 22.7. The largest absolute Gasteiger partial charge is 0.354 e. The number of hydrogen-bond acceptors (Lipinski definition) is 3. The molecule has 1 rings (SSSR count). The average molecular weight is 241 g/mol. The third-order valence-electron chi connectivity index (χ3n) is 2.78. The Morgan fingerprint density at radius 2 is 2.00 bits per heavy atom. The molecule has 1 aliphatic carbocycles. The van der Waals surface area contributed by atoms with Crippen molar-refractivity contribution < 1.29 is 9.59 Å². The quantitative estimate of drug-likeness (QED) is 0.530. The molecule has 3 N–H and O–H groups in total. The van der Waals surface area contributed by atoms with E-state index >= 15 is 0 Å². The Bertz CT molecular complexity index is 264. The topological polar surface area (TPSA) is 70.2 Å². The molecule has 1 atom stereocenters. The first-order valence-corrected chi connectivity index (χ1v) is 6.41. The van der Waals surface area contributed by atoms with Crippen LogP contribution in [0.2, 0.25) is 0 Å². The van der Waals surface area contributed by atoms with Crippen LogP contribution < -0.4 is 16.0 Å². The maximum absolute atomic E-state index is 11.4. The number of carbonyl (C=O) groups excluding carboxylic acids is 2. The molecule has 98 valence electrons. The van der Waals surface area contributed by atoms with Crippen LogP contribution in [0.4, 0.5) is 0 Å². The Hall–Kier alpha value is -1.10. The minimum atomic E-state index is 0.0230. The van der Waals surface area contributed by atoms with Crippen LogP contribution in [0.15, 0.2) is 0 Å². The highest BCUT2D eigenvalue weighted by Crippen LogP contribution is 2.18. The molecule has 5 heteroatoms. The van der Waals surface area contributed by atoms with Gasteiger partial charge in [-0.2, -0.15) is 0 Å². The molecule has 0 aromatic heterocycles. The zero-order valence-electron chi connectivity index (χ0n) is 10.7. The van der Waals surface area contributed by atoms with Gasteiger partial charge in [0, 0.05) is 25.0 Å². The van der Waals surface area contributed by atoms with E-state index in [1.165, 1.54) is 0 Å². The Labute approximate surface area is 103 Å². The van der Waals surface area contributed by atoms with Crippen molar-refractivity contribution in [3.63, 3.8) is 0 Å². The van der Waals surface area contributed by atoms with Gasteiger partial charge < -0.3 is 16.0 Å². The molecule has 1 saturated carbocycles. The molecule has 0 aromatic rings. The lowest BCUT2D eigenvalue weighted by Crippen LogP contribution is -2.38. The highest BCUT2D eigenvalue weighted by Gasteiger charge is 2.22. The van der Waals surface area contributed by atoms with Crippen LogP contribution in [0.3, 0.4) is 0 Å². The zero-order valence-corrected chi connectivity index (χ0v) is 10.7. The predicted octanol–water partition coefficient (Wildman–Crippen LogP) is 0.159. The van der Waals surface area contributed by atoms with Crippen molar-refractivity contribution in [2.75, 3.05) is 13.1 Å². The van der Waals surface area contributed by atoms with Crippen LogP contribution in [0, 0.1) is 0 Å². The Balaban J connectivity index is 1.95. The van der Waals surface area contributed by atoms with Gasteiger partial charge in [-0.25, -0.2) is 0 Å². The highest BCUT2D eigenvalue weighted by atomic mass is 16.2. The first-order chi connectivity index (χ1) is 8.11. The second kappa shape index (κ2) is 7.27. The fraction of sp³-hybridized carbons (Fsp3) is 0.833. The lowest BCUT2D eigenvalue weighted by atomic mass is 10.2. The normalized spacial score (nSPS) is 16.4.